The monoisotopic (exact) mass is 602 g/mol. The van der Waals surface area contributed by atoms with Gasteiger partial charge in [-0.15, -0.1) is 0 Å². The van der Waals surface area contributed by atoms with Crippen LogP contribution < -0.4 is 0 Å². The van der Waals surface area contributed by atoms with Crippen molar-refractivity contribution in [3.63, 3.8) is 0 Å². The number of carbonyl (C=O) groups excluding carboxylic acids is 2. The third-order valence-electron chi connectivity index (χ3n) is 8.39. The number of hydrogen-bond donors (Lipinski definition) is 0. The van der Waals surface area contributed by atoms with Gasteiger partial charge in [-0.3, -0.25) is 9.69 Å². The van der Waals surface area contributed by atoms with E-state index in [0.29, 0.717) is 49.2 Å². The summed E-state index contributed by atoms with van der Waals surface area (Å²) in [5.74, 6) is -0.482. The average molecular weight is 603 g/mol. The van der Waals surface area contributed by atoms with E-state index in [1.165, 1.54) is 31.0 Å². The van der Waals surface area contributed by atoms with Gasteiger partial charge >= 0.3 is 18.4 Å². The zero-order valence-corrected chi connectivity index (χ0v) is 23.7. The van der Waals surface area contributed by atoms with Crippen molar-refractivity contribution >= 4 is 11.9 Å². The first-order valence-corrected chi connectivity index (χ1v) is 13.5. The molecule has 13 heteroatoms. The summed E-state index contributed by atoms with van der Waals surface area (Å²) in [5.41, 5.74) is -1.95. The van der Waals surface area contributed by atoms with Crippen LogP contribution in [-0.2, 0) is 17.1 Å². The van der Waals surface area contributed by atoms with Crippen molar-refractivity contribution in [2.45, 2.75) is 57.2 Å². The summed E-state index contributed by atoms with van der Waals surface area (Å²) in [6.45, 7) is 4.71. The molecule has 0 N–H and O–H groups in total. The highest BCUT2D eigenvalue weighted by Gasteiger charge is 2.41. The van der Waals surface area contributed by atoms with Crippen LogP contribution in [0.4, 0.5) is 35.5 Å². The predicted molar refractivity (Wildman–Crippen MR) is 141 cm³/mol. The van der Waals surface area contributed by atoms with Crippen molar-refractivity contribution in [3.8, 4) is 0 Å². The molecule has 3 atom stereocenters. The molecule has 2 aliphatic rings. The lowest BCUT2D eigenvalue weighted by molar-refractivity contribution is -0.143. The smallest absolute Gasteiger partial charge is 0.343 e. The molecular formula is C29H33F7N4O2. The molecule has 2 saturated heterocycles. The Balaban J connectivity index is 1.65. The van der Waals surface area contributed by atoms with E-state index in [0.717, 1.165) is 4.90 Å². The van der Waals surface area contributed by atoms with E-state index < -0.39 is 47.4 Å². The van der Waals surface area contributed by atoms with Crippen LogP contribution in [0.25, 0.3) is 0 Å². The molecule has 2 aromatic carbocycles. The van der Waals surface area contributed by atoms with Gasteiger partial charge in [-0.25, -0.2) is 9.18 Å². The number of halogens is 7. The molecule has 0 aromatic heterocycles. The standard InChI is InChI=1S/C29H33F7N4O2/c1-17-11-22(30)5-6-24(17)25-15-23(39-10-9-37(3)26(41)16-39)7-8-40(25)27(42)38(4)18(2)19-12-20(28(31,32)33)14-21(13-19)29(34,35)36/h5-6,11-14,18,23,25H,7-10,15-16H2,1-4H3/t18-,23+,25-/m1/s1. The van der Waals surface area contributed by atoms with Crippen LogP contribution in [0.1, 0.15) is 59.7 Å². The Kier molecular flexibility index (Phi) is 8.82. The number of likely N-dealkylation sites (N-methyl/N-ethyl adjacent to an activating group) is 1. The van der Waals surface area contributed by atoms with E-state index in [-0.39, 0.29) is 36.7 Å². The Labute approximate surface area is 239 Å². The quantitative estimate of drug-likeness (QED) is 0.388. The molecule has 2 heterocycles. The number of benzene rings is 2. The number of urea groups is 1. The SMILES string of the molecule is Cc1cc(F)ccc1[C@H]1C[C@@H](N2CCN(C)C(=O)C2)CCN1C(=O)N(C)[C@H](C)c1cc(C(F)(F)F)cc(C(F)(F)F)c1. The lowest BCUT2D eigenvalue weighted by atomic mass is 9.88. The zero-order valence-electron chi connectivity index (χ0n) is 23.7. The topological polar surface area (TPSA) is 47.1 Å². The number of carbonyl (C=O) groups is 2. The van der Waals surface area contributed by atoms with Crippen LogP contribution in [0, 0.1) is 12.7 Å². The molecule has 0 radical (unpaired) electrons. The van der Waals surface area contributed by atoms with Crippen molar-refractivity contribution in [1.29, 1.82) is 0 Å². The van der Waals surface area contributed by atoms with Gasteiger partial charge in [0.2, 0.25) is 5.91 Å². The van der Waals surface area contributed by atoms with E-state index in [1.54, 1.807) is 24.9 Å². The summed E-state index contributed by atoms with van der Waals surface area (Å²) in [5, 5.41) is 0. The molecule has 0 unspecified atom stereocenters. The molecule has 0 saturated carbocycles. The van der Waals surface area contributed by atoms with E-state index in [4.69, 9.17) is 0 Å². The Morgan fingerprint density at radius 3 is 2.14 bits per heavy atom. The lowest BCUT2D eigenvalue weighted by Crippen LogP contribution is -2.56. The van der Waals surface area contributed by atoms with Crippen LogP contribution in [0.15, 0.2) is 36.4 Å². The maximum absolute atomic E-state index is 14.0. The summed E-state index contributed by atoms with van der Waals surface area (Å²) >= 11 is 0. The molecule has 42 heavy (non-hydrogen) atoms. The summed E-state index contributed by atoms with van der Waals surface area (Å²) < 4.78 is 94.9. The van der Waals surface area contributed by atoms with Crippen LogP contribution in [0.5, 0.6) is 0 Å². The Hall–Kier alpha value is -3.35. The molecule has 3 amide bonds. The first-order valence-electron chi connectivity index (χ1n) is 13.5. The molecule has 4 rings (SSSR count). The van der Waals surface area contributed by atoms with Gasteiger partial charge < -0.3 is 14.7 Å². The number of alkyl halides is 6. The largest absolute Gasteiger partial charge is 0.416 e. The highest BCUT2D eigenvalue weighted by molar-refractivity contribution is 5.79. The number of hydrogen-bond acceptors (Lipinski definition) is 3. The molecule has 2 fully saturated rings. The van der Waals surface area contributed by atoms with Gasteiger partial charge in [0.15, 0.2) is 0 Å². The second kappa shape index (κ2) is 11.7. The zero-order chi connectivity index (χ0) is 31.1. The maximum atomic E-state index is 14.0. The highest BCUT2D eigenvalue weighted by atomic mass is 19.4. The minimum absolute atomic E-state index is 0.0258. The minimum atomic E-state index is -5.02. The summed E-state index contributed by atoms with van der Waals surface area (Å²) in [7, 11) is 3.06. The maximum Gasteiger partial charge on any atom is 0.416 e. The number of likely N-dealkylation sites (tertiary alicyclic amines) is 1. The molecule has 230 valence electrons. The molecule has 2 aliphatic heterocycles. The van der Waals surface area contributed by atoms with Gasteiger partial charge in [0, 0.05) is 39.8 Å². The van der Waals surface area contributed by atoms with Gasteiger partial charge in [0.1, 0.15) is 5.82 Å². The second-order valence-corrected chi connectivity index (χ2v) is 11.1. The fourth-order valence-corrected chi connectivity index (χ4v) is 5.72. The number of nitrogens with zero attached hydrogens (tertiary/aromatic N) is 4. The third-order valence-corrected chi connectivity index (χ3v) is 8.39. The van der Waals surface area contributed by atoms with Crippen LogP contribution in [0.2, 0.25) is 0 Å². The Morgan fingerprint density at radius 2 is 1.60 bits per heavy atom. The third kappa shape index (κ3) is 6.66. The van der Waals surface area contributed by atoms with Crippen molar-refractivity contribution in [2.24, 2.45) is 0 Å². The highest BCUT2D eigenvalue weighted by Crippen LogP contribution is 2.40. The number of aryl methyl sites for hydroxylation is 1. The molecule has 0 aliphatic carbocycles. The van der Waals surface area contributed by atoms with Crippen molar-refractivity contribution < 1.29 is 40.3 Å². The van der Waals surface area contributed by atoms with E-state index >= 15 is 0 Å². The Bertz CT molecular complexity index is 1300. The van der Waals surface area contributed by atoms with Gasteiger partial charge in [0.05, 0.1) is 29.8 Å². The predicted octanol–water partition coefficient (Wildman–Crippen LogP) is 6.26. The molecule has 0 spiro atoms. The van der Waals surface area contributed by atoms with Gasteiger partial charge in [-0.05, 0) is 73.7 Å². The van der Waals surface area contributed by atoms with E-state index in [1.807, 2.05) is 0 Å². The molecule has 2 aromatic rings. The normalized spacial score (nSPS) is 21.5. The van der Waals surface area contributed by atoms with Gasteiger partial charge in [-0.2, -0.15) is 26.3 Å². The second-order valence-electron chi connectivity index (χ2n) is 11.1. The number of amides is 3. The van der Waals surface area contributed by atoms with E-state index in [9.17, 15) is 40.3 Å². The minimum Gasteiger partial charge on any atom is -0.343 e. The molecule has 0 bridgehead atoms. The fraction of sp³-hybridized carbons (Fsp3) is 0.517. The summed E-state index contributed by atoms with van der Waals surface area (Å²) in [6, 6.07) is 3.16. The molecule has 6 nitrogen and oxygen atoms in total. The fourth-order valence-electron chi connectivity index (χ4n) is 5.72. The summed E-state index contributed by atoms with van der Waals surface area (Å²) in [6.07, 6.45) is -9.12. The van der Waals surface area contributed by atoms with Crippen molar-refractivity contribution in [2.75, 3.05) is 40.3 Å². The Morgan fingerprint density at radius 1 is 0.976 bits per heavy atom. The number of piperazine rings is 1. The van der Waals surface area contributed by atoms with Gasteiger partial charge in [0.25, 0.3) is 0 Å². The number of rotatable bonds is 4. The van der Waals surface area contributed by atoms with Crippen molar-refractivity contribution in [1.82, 2.24) is 19.6 Å². The first kappa shape index (κ1) is 31.6. The summed E-state index contributed by atoms with van der Waals surface area (Å²) in [4.78, 5) is 32.6. The molecular weight excluding hydrogens is 569 g/mol. The lowest BCUT2D eigenvalue weighted by Gasteiger charge is -2.47. The first-order chi connectivity index (χ1) is 19.5. The van der Waals surface area contributed by atoms with Crippen molar-refractivity contribution in [3.05, 3.63) is 70.0 Å². The number of piperidine rings is 1. The van der Waals surface area contributed by atoms with E-state index in [2.05, 4.69) is 4.90 Å². The van der Waals surface area contributed by atoms with Crippen LogP contribution in [-0.4, -0.2) is 77.9 Å². The van der Waals surface area contributed by atoms with Crippen LogP contribution >= 0.6 is 0 Å². The average Bonchev–Trinajstić information content (AvgIpc) is 2.92. The van der Waals surface area contributed by atoms with Gasteiger partial charge in [-0.1, -0.05) is 6.07 Å². The van der Waals surface area contributed by atoms with Crippen LogP contribution in [0.3, 0.4) is 0 Å².